The number of hydrogen-bond acceptors (Lipinski definition) is 6. The van der Waals surface area contributed by atoms with Crippen LogP contribution < -0.4 is 10.1 Å². The van der Waals surface area contributed by atoms with Crippen LogP contribution in [0.25, 0.3) is 0 Å². The van der Waals surface area contributed by atoms with E-state index in [1.807, 2.05) is 18.2 Å². The van der Waals surface area contributed by atoms with Crippen molar-refractivity contribution in [2.24, 2.45) is 0 Å². The van der Waals surface area contributed by atoms with Crippen LogP contribution in [-0.4, -0.2) is 60.9 Å². The van der Waals surface area contributed by atoms with Gasteiger partial charge in [0, 0.05) is 31.4 Å². The summed E-state index contributed by atoms with van der Waals surface area (Å²) in [4.78, 5) is 19.2. The van der Waals surface area contributed by atoms with Gasteiger partial charge in [0.1, 0.15) is 0 Å². The van der Waals surface area contributed by atoms with Gasteiger partial charge in [0.05, 0.1) is 32.1 Å². The van der Waals surface area contributed by atoms with E-state index in [1.54, 1.807) is 18.3 Å². The summed E-state index contributed by atoms with van der Waals surface area (Å²) in [6.07, 6.45) is 1.76. The Morgan fingerprint density at radius 2 is 2.15 bits per heavy atom. The maximum atomic E-state index is 12.5. The predicted octanol–water partition coefficient (Wildman–Crippen LogP) is 1.60. The summed E-state index contributed by atoms with van der Waals surface area (Å²) in [5.74, 6) is 0.0213. The van der Waals surface area contributed by atoms with E-state index in [1.165, 1.54) is 13.2 Å². The molecule has 0 unspecified atom stereocenters. The minimum Gasteiger partial charge on any atom is -0.504 e. The molecule has 1 aliphatic heterocycles. The Morgan fingerprint density at radius 3 is 2.81 bits per heavy atom. The lowest BCUT2D eigenvalue weighted by Gasteiger charge is -2.34. The van der Waals surface area contributed by atoms with Crippen molar-refractivity contribution in [1.29, 1.82) is 0 Å². The number of aromatic nitrogens is 1. The fourth-order valence-electron chi connectivity index (χ4n) is 3.01. The van der Waals surface area contributed by atoms with Crippen molar-refractivity contribution in [1.82, 2.24) is 15.2 Å². The first kappa shape index (κ1) is 18.2. The molecule has 0 aliphatic carbocycles. The van der Waals surface area contributed by atoms with Crippen LogP contribution in [0.5, 0.6) is 11.5 Å². The lowest BCUT2D eigenvalue weighted by molar-refractivity contribution is 0.0154. The van der Waals surface area contributed by atoms with Crippen molar-refractivity contribution in [2.45, 2.75) is 6.04 Å². The molecule has 2 N–H and O–H groups in total. The lowest BCUT2D eigenvalue weighted by atomic mass is 10.1. The second-order valence-corrected chi connectivity index (χ2v) is 6.02. The molecule has 26 heavy (non-hydrogen) atoms. The summed E-state index contributed by atoms with van der Waals surface area (Å²) in [6, 6.07) is 10.3. The number of nitrogens with zero attached hydrogens (tertiary/aromatic N) is 2. The monoisotopic (exact) mass is 357 g/mol. The molecule has 2 heterocycles. The standard InChI is InChI=1S/C19H23N3O4/c1-25-18-6-5-14(12-17(18)23)19(24)21-13-16(15-4-2-3-7-20-15)22-8-10-26-11-9-22/h2-7,12,16,23H,8-11,13H2,1H3,(H,21,24)/t16-/m0/s1. The van der Waals surface area contributed by atoms with E-state index in [9.17, 15) is 9.90 Å². The number of carbonyl (C=O) groups is 1. The second-order valence-electron chi connectivity index (χ2n) is 6.02. The van der Waals surface area contributed by atoms with Gasteiger partial charge in [-0.25, -0.2) is 0 Å². The molecular weight excluding hydrogens is 334 g/mol. The molecule has 0 radical (unpaired) electrons. The Balaban J connectivity index is 1.70. The van der Waals surface area contributed by atoms with Crippen molar-refractivity contribution in [3.63, 3.8) is 0 Å². The van der Waals surface area contributed by atoms with Gasteiger partial charge in [0.2, 0.25) is 0 Å². The molecule has 138 valence electrons. The van der Waals surface area contributed by atoms with E-state index in [2.05, 4.69) is 15.2 Å². The van der Waals surface area contributed by atoms with Gasteiger partial charge in [-0.2, -0.15) is 0 Å². The maximum absolute atomic E-state index is 12.5. The number of benzene rings is 1. The lowest BCUT2D eigenvalue weighted by Crippen LogP contribution is -2.44. The van der Waals surface area contributed by atoms with Gasteiger partial charge in [-0.3, -0.25) is 14.7 Å². The van der Waals surface area contributed by atoms with E-state index in [0.717, 1.165) is 18.8 Å². The summed E-state index contributed by atoms with van der Waals surface area (Å²) >= 11 is 0. The third kappa shape index (κ3) is 4.30. The molecule has 7 nitrogen and oxygen atoms in total. The number of aromatic hydroxyl groups is 1. The van der Waals surface area contributed by atoms with Crippen LogP contribution in [0.15, 0.2) is 42.6 Å². The summed E-state index contributed by atoms with van der Waals surface area (Å²) in [6.45, 7) is 3.34. The smallest absolute Gasteiger partial charge is 0.251 e. The molecule has 2 aromatic rings. The summed E-state index contributed by atoms with van der Waals surface area (Å²) in [5.41, 5.74) is 1.29. The fourth-order valence-corrected chi connectivity index (χ4v) is 3.01. The molecule has 1 aliphatic rings. The molecular formula is C19H23N3O4. The number of ether oxygens (including phenoxy) is 2. The highest BCUT2D eigenvalue weighted by atomic mass is 16.5. The predicted molar refractivity (Wildman–Crippen MR) is 96.4 cm³/mol. The van der Waals surface area contributed by atoms with Crippen LogP contribution in [0.4, 0.5) is 0 Å². The van der Waals surface area contributed by atoms with E-state index in [-0.39, 0.29) is 17.7 Å². The Labute approximate surface area is 152 Å². The van der Waals surface area contributed by atoms with Crippen molar-refractivity contribution < 1.29 is 19.4 Å². The molecule has 1 atom stereocenters. The number of rotatable bonds is 6. The topological polar surface area (TPSA) is 83.9 Å². The second kappa shape index (κ2) is 8.64. The van der Waals surface area contributed by atoms with Crippen molar-refractivity contribution >= 4 is 5.91 Å². The van der Waals surface area contributed by atoms with Crippen LogP contribution >= 0.6 is 0 Å². The van der Waals surface area contributed by atoms with Gasteiger partial charge < -0.3 is 19.9 Å². The highest BCUT2D eigenvalue weighted by molar-refractivity contribution is 5.94. The number of phenols is 1. The fraction of sp³-hybridized carbons (Fsp3) is 0.368. The summed E-state index contributed by atoms with van der Waals surface area (Å²) in [7, 11) is 1.47. The molecule has 0 bridgehead atoms. The van der Waals surface area contributed by atoms with Crippen molar-refractivity contribution in [2.75, 3.05) is 40.0 Å². The average molecular weight is 357 g/mol. The van der Waals surface area contributed by atoms with Crippen LogP contribution in [0.1, 0.15) is 22.1 Å². The Hall–Kier alpha value is -2.64. The number of morpholine rings is 1. The number of carbonyl (C=O) groups excluding carboxylic acids is 1. The molecule has 1 aromatic carbocycles. The molecule has 1 fully saturated rings. The third-order valence-corrected chi connectivity index (χ3v) is 4.41. The zero-order valence-electron chi connectivity index (χ0n) is 14.7. The molecule has 7 heteroatoms. The van der Waals surface area contributed by atoms with E-state index in [4.69, 9.17) is 9.47 Å². The van der Waals surface area contributed by atoms with Gasteiger partial charge in [0.25, 0.3) is 5.91 Å². The molecule has 1 saturated heterocycles. The number of pyridine rings is 1. The number of amides is 1. The largest absolute Gasteiger partial charge is 0.504 e. The number of nitrogens with one attached hydrogen (secondary N) is 1. The van der Waals surface area contributed by atoms with Gasteiger partial charge in [-0.05, 0) is 30.3 Å². The SMILES string of the molecule is COc1ccc(C(=O)NC[C@@H](c2ccccn2)N2CCOCC2)cc1O. The van der Waals surface area contributed by atoms with Gasteiger partial charge in [0.15, 0.2) is 11.5 Å². The summed E-state index contributed by atoms with van der Waals surface area (Å²) < 4.78 is 10.4. The first-order chi connectivity index (χ1) is 12.7. The zero-order valence-corrected chi connectivity index (χ0v) is 14.7. The van der Waals surface area contributed by atoms with Crippen LogP contribution in [0.2, 0.25) is 0 Å². The van der Waals surface area contributed by atoms with Gasteiger partial charge >= 0.3 is 0 Å². The Kier molecular flexibility index (Phi) is 6.04. The molecule has 1 amide bonds. The summed E-state index contributed by atoms with van der Waals surface area (Å²) in [5, 5.41) is 12.8. The Morgan fingerprint density at radius 1 is 1.35 bits per heavy atom. The van der Waals surface area contributed by atoms with Gasteiger partial charge in [-0.15, -0.1) is 0 Å². The Bertz CT molecular complexity index is 733. The molecule has 0 spiro atoms. The highest BCUT2D eigenvalue weighted by Crippen LogP contribution is 2.26. The van der Waals surface area contributed by atoms with Gasteiger partial charge in [-0.1, -0.05) is 6.07 Å². The van der Waals surface area contributed by atoms with E-state index >= 15 is 0 Å². The first-order valence-corrected chi connectivity index (χ1v) is 8.57. The number of hydrogen-bond donors (Lipinski definition) is 2. The number of methoxy groups -OCH3 is 1. The number of phenolic OH excluding ortho intramolecular Hbond substituents is 1. The normalized spacial score (nSPS) is 16.0. The maximum Gasteiger partial charge on any atom is 0.251 e. The quantitative estimate of drug-likeness (QED) is 0.817. The first-order valence-electron chi connectivity index (χ1n) is 8.57. The molecule has 0 saturated carbocycles. The third-order valence-electron chi connectivity index (χ3n) is 4.41. The highest BCUT2D eigenvalue weighted by Gasteiger charge is 2.24. The van der Waals surface area contributed by atoms with E-state index in [0.29, 0.717) is 31.1 Å². The van der Waals surface area contributed by atoms with Crippen LogP contribution in [0.3, 0.4) is 0 Å². The van der Waals surface area contributed by atoms with Crippen molar-refractivity contribution in [3.05, 3.63) is 53.9 Å². The minimum atomic E-state index is -0.253. The average Bonchev–Trinajstić information content (AvgIpc) is 2.69. The zero-order chi connectivity index (χ0) is 18.4. The molecule has 3 rings (SSSR count). The van der Waals surface area contributed by atoms with Crippen LogP contribution in [0, 0.1) is 0 Å². The van der Waals surface area contributed by atoms with Crippen molar-refractivity contribution in [3.8, 4) is 11.5 Å². The minimum absolute atomic E-state index is 0.0316. The molecule has 1 aromatic heterocycles. The van der Waals surface area contributed by atoms with E-state index < -0.39 is 0 Å². The van der Waals surface area contributed by atoms with Crippen LogP contribution in [-0.2, 0) is 4.74 Å².